The summed E-state index contributed by atoms with van der Waals surface area (Å²) in [6.07, 6.45) is 0. The number of aryl methyl sites for hydroxylation is 1. The fourth-order valence-electron chi connectivity index (χ4n) is 2.18. The second kappa shape index (κ2) is 6.56. The van der Waals surface area contributed by atoms with E-state index < -0.39 is 0 Å². The summed E-state index contributed by atoms with van der Waals surface area (Å²) in [4.78, 5) is 2.19. The third-order valence-corrected chi connectivity index (χ3v) is 3.51. The molecule has 0 aliphatic heterocycles. The summed E-state index contributed by atoms with van der Waals surface area (Å²) in [6, 6.07) is 16.0. The molecule has 0 fully saturated rings. The van der Waals surface area contributed by atoms with E-state index >= 15 is 0 Å². The van der Waals surface area contributed by atoms with Crippen LogP contribution in [0.15, 0.2) is 42.5 Å². The SMILES string of the molecule is Cc1ccc(CN(C)Cc2cccc(C#N)c2)c(Cl)c1. The number of halogens is 1. The van der Waals surface area contributed by atoms with Gasteiger partial charge >= 0.3 is 0 Å². The number of hydrogen-bond acceptors (Lipinski definition) is 2. The van der Waals surface area contributed by atoms with Crippen LogP contribution in [0.25, 0.3) is 0 Å². The summed E-state index contributed by atoms with van der Waals surface area (Å²) >= 11 is 6.25. The van der Waals surface area contributed by atoms with Gasteiger partial charge in [-0.1, -0.05) is 35.9 Å². The summed E-state index contributed by atoms with van der Waals surface area (Å²) in [5.74, 6) is 0. The maximum atomic E-state index is 8.91. The van der Waals surface area contributed by atoms with E-state index in [0.29, 0.717) is 5.56 Å². The van der Waals surface area contributed by atoms with Gasteiger partial charge in [0.1, 0.15) is 0 Å². The predicted octanol–water partition coefficient (Wildman–Crippen LogP) is 4.15. The highest BCUT2D eigenvalue weighted by Crippen LogP contribution is 2.19. The van der Waals surface area contributed by atoms with E-state index in [0.717, 1.165) is 29.2 Å². The Morgan fingerprint density at radius 2 is 1.95 bits per heavy atom. The lowest BCUT2D eigenvalue weighted by molar-refractivity contribution is 0.319. The Labute approximate surface area is 125 Å². The number of rotatable bonds is 4. The van der Waals surface area contributed by atoms with Crippen molar-refractivity contribution in [3.8, 4) is 6.07 Å². The molecule has 0 spiro atoms. The zero-order chi connectivity index (χ0) is 14.5. The van der Waals surface area contributed by atoms with Crippen molar-refractivity contribution in [3.05, 3.63) is 69.7 Å². The minimum atomic E-state index is 0.698. The quantitative estimate of drug-likeness (QED) is 0.843. The van der Waals surface area contributed by atoms with Crippen molar-refractivity contribution >= 4 is 11.6 Å². The second-order valence-corrected chi connectivity index (χ2v) is 5.49. The summed E-state index contributed by atoms with van der Waals surface area (Å²) in [6.45, 7) is 3.61. The van der Waals surface area contributed by atoms with Gasteiger partial charge in [0.05, 0.1) is 11.6 Å². The molecule has 102 valence electrons. The lowest BCUT2D eigenvalue weighted by atomic mass is 10.1. The maximum Gasteiger partial charge on any atom is 0.0991 e. The summed E-state index contributed by atoms with van der Waals surface area (Å²) in [7, 11) is 2.05. The average Bonchev–Trinajstić information content (AvgIpc) is 2.42. The first-order chi connectivity index (χ1) is 9.58. The van der Waals surface area contributed by atoms with Gasteiger partial charge in [-0.05, 0) is 48.9 Å². The molecule has 3 heteroatoms. The smallest absolute Gasteiger partial charge is 0.0991 e. The van der Waals surface area contributed by atoms with Crippen molar-refractivity contribution in [2.75, 3.05) is 7.05 Å². The van der Waals surface area contributed by atoms with Gasteiger partial charge in [0.25, 0.3) is 0 Å². The van der Waals surface area contributed by atoms with Gasteiger partial charge in [0, 0.05) is 18.1 Å². The molecule has 2 nitrogen and oxygen atoms in total. The normalized spacial score (nSPS) is 10.6. The predicted molar refractivity (Wildman–Crippen MR) is 82.5 cm³/mol. The van der Waals surface area contributed by atoms with Gasteiger partial charge in [0.15, 0.2) is 0 Å². The zero-order valence-electron chi connectivity index (χ0n) is 11.7. The standard InChI is InChI=1S/C17H17ClN2/c1-13-6-7-16(17(18)8-13)12-20(2)11-15-5-3-4-14(9-15)10-19/h3-9H,11-12H2,1-2H3. The third-order valence-electron chi connectivity index (χ3n) is 3.16. The summed E-state index contributed by atoms with van der Waals surface area (Å²) < 4.78 is 0. The molecular formula is C17H17ClN2. The molecular weight excluding hydrogens is 268 g/mol. The van der Waals surface area contributed by atoms with Crippen LogP contribution in [0.3, 0.4) is 0 Å². The van der Waals surface area contributed by atoms with Crippen molar-refractivity contribution in [2.24, 2.45) is 0 Å². The van der Waals surface area contributed by atoms with Crippen LogP contribution in [0.4, 0.5) is 0 Å². The molecule has 0 heterocycles. The van der Waals surface area contributed by atoms with E-state index in [-0.39, 0.29) is 0 Å². The van der Waals surface area contributed by atoms with E-state index in [1.54, 1.807) is 0 Å². The highest BCUT2D eigenvalue weighted by molar-refractivity contribution is 6.31. The van der Waals surface area contributed by atoms with Crippen LogP contribution in [0.1, 0.15) is 22.3 Å². The molecule has 2 rings (SSSR count). The van der Waals surface area contributed by atoms with Crippen LogP contribution in [0.5, 0.6) is 0 Å². The fraction of sp³-hybridized carbons (Fsp3) is 0.235. The maximum absolute atomic E-state index is 8.91. The molecule has 0 aliphatic rings. The van der Waals surface area contributed by atoms with Crippen LogP contribution < -0.4 is 0 Å². The fourth-order valence-corrected chi connectivity index (χ4v) is 2.47. The molecule has 0 unspecified atom stereocenters. The number of benzene rings is 2. The Morgan fingerprint density at radius 1 is 1.15 bits per heavy atom. The molecule has 0 radical (unpaired) electrons. The van der Waals surface area contributed by atoms with E-state index in [1.165, 1.54) is 5.56 Å². The Hall–Kier alpha value is -1.82. The van der Waals surface area contributed by atoms with Crippen LogP contribution in [0, 0.1) is 18.3 Å². The van der Waals surface area contributed by atoms with Gasteiger partial charge < -0.3 is 0 Å². The summed E-state index contributed by atoms with van der Waals surface area (Å²) in [5, 5.41) is 9.72. The van der Waals surface area contributed by atoms with Crippen molar-refractivity contribution in [3.63, 3.8) is 0 Å². The van der Waals surface area contributed by atoms with Gasteiger partial charge in [-0.3, -0.25) is 4.90 Å². The van der Waals surface area contributed by atoms with Gasteiger partial charge in [-0.25, -0.2) is 0 Å². The van der Waals surface area contributed by atoms with Crippen molar-refractivity contribution in [1.82, 2.24) is 4.90 Å². The number of nitriles is 1. The van der Waals surface area contributed by atoms with Gasteiger partial charge in [-0.2, -0.15) is 5.26 Å². The Morgan fingerprint density at radius 3 is 2.65 bits per heavy atom. The molecule has 0 aromatic heterocycles. The van der Waals surface area contributed by atoms with E-state index in [1.807, 2.05) is 37.3 Å². The molecule has 2 aromatic carbocycles. The molecule has 0 aliphatic carbocycles. The third kappa shape index (κ3) is 3.84. The van der Waals surface area contributed by atoms with Crippen LogP contribution >= 0.6 is 11.6 Å². The highest BCUT2D eigenvalue weighted by Gasteiger charge is 2.06. The first kappa shape index (κ1) is 14.6. The van der Waals surface area contributed by atoms with Crippen molar-refractivity contribution in [2.45, 2.75) is 20.0 Å². The first-order valence-electron chi connectivity index (χ1n) is 6.51. The van der Waals surface area contributed by atoms with Crippen molar-refractivity contribution in [1.29, 1.82) is 5.26 Å². The molecule has 2 aromatic rings. The van der Waals surface area contributed by atoms with Gasteiger partial charge in [-0.15, -0.1) is 0 Å². The Balaban J connectivity index is 2.05. The van der Waals surface area contributed by atoms with Gasteiger partial charge in [0.2, 0.25) is 0 Å². The van der Waals surface area contributed by atoms with E-state index in [9.17, 15) is 0 Å². The van der Waals surface area contributed by atoms with Crippen LogP contribution in [0.2, 0.25) is 5.02 Å². The van der Waals surface area contributed by atoms with Crippen LogP contribution in [-0.4, -0.2) is 11.9 Å². The molecule has 0 bridgehead atoms. The van der Waals surface area contributed by atoms with E-state index in [2.05, 4.69) is 30.1 Å². The second-order valence-electron chi connectivity index (χ2n) is 5.08. The van der Waals surface area contributed by atoms with E-state index in [4.69, 9.17) is 16.9 Å². The lowest BCUT2D eigenvalue weighted by Crippen LogP contribution is -2.17. The molecule has 0 saturated heterocycles. The first-order valence-corrected chi connectivity index (χ1v) is 6.89. The monoisotopic (exact) mass is 284 g/mol. The minimum Gasteiger partial charge on any atom is -0.298 e. The largest absolute Gasteiger partial charge is 0.298 e. The molecule has 0 N–H and O–H groups in total. The zero-order valence-corrected chi connectivity index (χ0v) is 12.5. The Bertz CT molecular complexity index is 644. The van der Waals surface area contributed by atoms with Crippen molar-refractivity contribution < 1.29 is 0 Å². The number of nitrogens with zero attached hydrogens (tertiary/aromatic N) is 2. The number of hydrogen-bond donors (Lipinski definition) is 0. The minimum absolute atomic E-state index is 0.698. The molecule has 0 saturated carbocycles. The highest BCUT2D eigenvalue weighted by atomic mass is 35.5. The average molecular weight is 285 g/mol. The van der Waals surface area contributed by atoms with Crippen LogP contribution in [-0.2, 0) is 13.1 Å². The Kier molecular flexibility index (Phi) is 4.79. The lowest BCUT2D eigenvalue weighted by Gasteiger charge is -2.18. The summed E-state index contributed by atoms with van der Waals surface area (Å²) in [5.41, 5.74) is 4.12. The molecule has 0 atom stereocenters. The topological polar surface area (TPSA) is 27.0 Å². The molecule has 20 heavy (non-hydrogen) atoms. The molecule has 0 amide bonds.